The molecule has 2 rings (SSSR count). The Hall–Kier alpha value is -1.10. The van der Waals surface area contributed by atoms with Gasteiger partial charge in [-0.2, -0.15) is 0 Å². The summed E-state index contributed by atoms with van der Waals surface area (Å²) in [5.74, 6) is 0.854. The van der Waals surface area contributed by atoms with E-state index < -0.39 is 8.25 Å². The minimum absolute atomic E-state index is 0.107. The SMILES string of the molecule is O=[P+](O)OCC1CCC(Oc2ccncn2)C1. The Kier molecular flexibility index (Phi) is 4.36. The molecule has 1 N–H and O–H groups in total. The van der Waals surface area contributed by atoms with Gasteiger partial charge in [-0.15, -0.1) is 9.42 Å². The summed E-state index contributed by atoms with van der Waals surface area (Å²) in [7, 11) is -2.49. The molecule has 0 amide bonds. The molecule has 1 saturated carbocycles. The predicted molar refractivity (Wildman–Crippen MR) is 59.6 cm³/mol. The molecule has 7 heteroatoms. The molecular weight excluding hydrogens is 243 g/mol. The second kappa shape index (κ2) is 6.00. The molecule has 1 aromatic heterocycles. The normalized spacial score (nSPS) is 24.6. The van der Waals surface area contributed by atoms with Crippen LogP contribution in [-0.2, 0) is 9.09 Å². The first kappa shape index (κ1) is 12.4. The van der Waals surface area contributed by atoms with Crippen LogP contribution in [0.1, 0.15) is 19.3 Å². The van der Waals surface area contributed by atoms with Crippen molar-refractivity contribution in [3.05, 3.63) is 18.6 Å². The van der Waals surface area contributed by atoms with Crippen molar-refractivity contribution in [3.8, 4) is 5.88 Å². The standard InChI is InChI=1S/C10H13N2O4P/c13-17(14)15-6-8-1-2-9(5-8)16-10-3-4-11-7-12-10/h3-4,7-9H,1-2,5-6H2/p+1. The van der Waals surface area contributed by atoms with Crippen molar-refractivity contribution >= 4 is 8.25 Å². The van der Waals surface area contributed by atoms with Gasteiger partial charge in [-0.05, 0) is 25.2 Å². The van der Waals surface area contributed by atoms with Gasteiger partial charge >= 0.3 is 8.25 Å². The summed E-state index contributed by atoms with van der Waals surface area (Å²) < 4.78 is 20.8. The summed E-state index contributed by atoms with van der Waals surface area (Å²) in [5.41, 5.74) is 0. The second-order valence-electron chi connectivity index (χ2n) is 4.00. The molecule has 0 bridgehead atoms. The fourth-order valence-electron chi connectivity index (χ4n) is 1.98. The lowest BCUT2D eigenvalue weighted by molar-refractivity contribution is 0.180. The average Bonchev–Trinajstić information content (AvgIpc) is 2.75. The molecule has 6 nitrogen and oxygen atoms in total. The van der Waals surface area contributed by atoms with E-state index in [1.807, 2.05) is 0 Å². The molecule has 1 heterocycles. The lowest BCUT2D eigenvalue weighted by Gasteiger charge is -2.11. The van der Waals surface area contributed by atoms with Crippen molar-refractivity contribution in [2.24, 2.45) is 5.92 Å². The van der Waals surface area contributed by atoms with Crippen LogP contribution < -0.4 is 4.74 Å². The Labute approximate surface area is 100.0 Å². The first-order valence-corrected chi connectivity index (χ1v) is 6.59. The number of hydrogen-bond acceptors (Lipinski definition) is 5. The van der Waals surface area contributed by atoms with Crippen LogP contribution in [0.25, 0.3) is 0 Å². The van der Waals surface area contributed by atoms with Crippen molar-refractivity contribution in [3.63, 3.8) is 0 Å². The van der Waals surface area contributed by atoms with Gasteiger partial charge in [-0.1, -0.05) is 0 Å². The zero-order valence-electron chi connectivity index (χ0n) is 9.23. The third-order valence-electron chi connectivity index (χ3n) is 2.76. The van der Waals surface area contributed by atoms with Gasteiger partial charge in [-0.25, -0.2) is 9.97 Å². The molecule has 3 unspecified atom stereocenters. The van der Waals surface area contributed by atoms with E-state index in [1.165, 1.54) is 6.33 Å². The molecule has 0 saturated heterocycles. The molecular formula is C10H14N2O4P+. The van der Waals surface area contributed by atoms with Gasteiger partial charge in [0.2, 0.25) is 5.88 Å². The van der Waals surface area contributed by atoms with E-state index in [-0.39, 0.29) is 12.0 Å². The topological polar surface area (TPSA) is 81.5 Å². The largest absolute Gasteiger partial charge is 0.694 e. The van der Waals surface area contributed by atoms with E-state index >= 15 is 0 Å². The number of hydrogen-bond donors (Lipinski definition) is 1. The Morgan fingerprint density at radius 3 is 3.12 bits per heavy atom. The number of ether oxygens (including phenoxy) is 1. The Balaban J connectivity index is 1.76. The van der Waals surface area contributed by atoms with Gasteiger partial charge < -0.3 is 4.74 Å². The van der Waals surface area contributed by atoms with E-state index in [2.05, 4.69) is 9.97 Å². The second-order valence-corrected chi connectivity index (χ2v) is 4.73. The smallest absolute Gasteiger partial charge is 0.474 e. The summed E-state index contributed by atoms with van der Waals surface area (Å²) in [5, 5.41) is 0. The first-order chi connectivity index (χ1) is 8.24. The van der Waals surface area contributed by atoms with Crippen molar-refractivity contribution in [2.45, 2.75) is 25.4 Å². The van der Waals surface area contributed by atoms with Crippen LogP contribution in [-0.4, -0.2) is 27.6 Å². The summed E-state index contributed by atoms with van der Waals surface area (Å²) in [6.45, 7) is 0.315. The van der Waals surface area contributed by atoms with Gasteiger partial charge in [0.25, 0.3) is 0 Å². The summed E-state index contributed by atoms with van der Waals surface area (Å²) in [6, 6.07) is 1.72. The van der Waals surface area contributed by atoms with Gasteiger partial charge in [0.05, 0.1) is 0 Å². The zero-order chi connectivity index (χ0) is 12.1. The van der Waals surface area contributed by atoms with E-state index in [4.69, 9.17) is 14.2 Å². The maximum Gasteiger partial charge on any atom is 0.694 e. The van der Waals surface area contributed by atoms with Crippen LogP contribution in [0.4, 0.5) is 0 Å². The molecule has 0 spiro atoms. The van der Waals surface area contributed by atoms with Crippen LogP contribution in [0.5, 0.6) is 5.88 Å². The molecule has 1 aromatic rings. The third-order valence-corrected chi connectivity index (χ3v) is 3.13. The number of aromatic nitrogens is 2. The van der Waals surface area contributed by atoms with Crippen molar-refractivity contribution < 1.29 is 18.7 Å². The fraction of sp³-hybridized carbons (Fsp3) is 0.600. The Morgan fingerprint density at radius 2 is 2.41 bits per heavy atom. The molecule has 0 aromatic carbocycles. The first-order valence-electron chi connectivity index (χ1n) is 5.46. The van der Waals surface area contributed by atoms with E-state index in [1.54, 1.807) is 12.3 Å². The summed E-state index contributed by atoms with van der Waals surface area (Å²) >= 11 is 0. The minimum Gasteiger partial charge on any atom is -0.474 e. The summed E-state index contributed by atoms with van der Waals surface area (Å²) in [6.07, 6.45) is 5.87. The summed E-state index contributed by atoms with van der Waals surface area (Å²) in [4.78, 5) is 16.4. The van der Waals surface area contributed by atoms with Gasteiger partial charge in [-0.3, -0.25) is 0 Å². The van der Waals surface area contributed by atoms with Gasteiger partial charge in [0, 0.05) is 16.8 Å². The number of rotatable bonds is 5. The van der Waals surface area contributed by atoms with Crippen LogP contribution in [0.15, 0.2) is 18.6 Å². The van der Waals surface area contributed by atoms with Crippen molar-refractivity contribution in [1.82, 2.24) is 9.97 Å². The van der Waals surface area contributed by atoms with E-state index in [0.717, 1.165) is 19.3 Å². The molecule has 17 heavy (non-hydrogen) atoms. The van der Waals surface area contributed by atoms with Gasteiger partial charge in [0.15, 0.2) is 0 Å². The molecule has 3 atom stereocenters. The quantitative estimate of drug-likeness (QED) is 0.808. The average molecular weight is 257 g/mol. The Morgan fingerprint density at radius 1 is 1.53 bits per heavy atom. The lowest BCUT2D eigenvalue weighted by atomic mass is 10.1. The molecule has 0 aliphatic heterocycles. The lowest BCUT2D eigenvalue weighted by Crippen LogP contribution is -2.14. The van der Waals surface area contributed by atoms with Crippen molar-refractivity contribution in [1.29, 1.82) is 0 Å². The molecule has 1 fully saturated rings. The minimum atomic E-state index is -2.49. The molecule has 1 aliphatic carbocycles. The van der Waals surface area contributed by atoms with Crippen LogP contribution in [0, 0.1) is 5.92 Å². The maximum atomic E-state index is 10.4. The van der Waals surface area contributed by atoms with E-state index in [9.17, 15) is 4.57 Å². The maximum absolute atomic E-state index is 10.4. The van der Waals surface area contributed by atoms with Crippen molar-refractivity contribution in [2.75, 3.05) is 6.61 Å². The fourth-order valence-corrected chi connectivity index (χ4v) is 2.31. The zero-order valence-corrected chi connectivity index (χ0v) is 10.1. The highest BCUT2D eigenvalue weighted by molar-refractivity contribution is 7.32. The molecule has 92 valence electrons. The molecule has 0 radical (unpaired) electrons. The number of nitrogens with zero attached hydrogens (tertiary/aromatic N) is 2. The van der Waals surface area contributed by atoms with Crippen LogP contribution in [0.3, 0.4) is 0 Å². The predicted octanol–water partition coefficient (Wildman–Crippen LogP) is 1.69. The third kappa shape index (κ3) is 4.00. The monoisotopic (exact) mass is 257 g/mol. The van der Waals surface area contributed by atoms with Gasteiger partial charge in [0.1, 0.15) is 19.0 Å². The highest BCUT2D eigenvalue weighted by Gasteiger charge is 2.29. The highest BCUT2D eigenvalue weighted by atomic mass is 31.1. The van der Waals surface area contributed by atoms with Crippen LogP contribution >= 0.6 is 8.25 Å². The van der Waals surface area contributed by atoms with E-state index in [0.29, 0.717) is 12.5 Å². The highest BCUT2D eigenvalue weighted by Crippen LogP contribution is 2.30. The van der Waals surface area contributed by atoms with Crippen LogP contribution in [0.2, 0.25) is 0 Å². The molecule has 1 aliphatic rings. The Bertz CT molecular complexity index is 376.